The van der Waals surface area contributed by atoms with Gasteiger partial charge in [0.1, 0.15) is 0 Å². The summed E-state index contributed by atoms with van der Waals surface area (Å²) in [5, 5.41) is 4.06. The number of hydrogen-bond acceptors (Lipinski definition) is 4. The quantitative estimate of drug-likeness (QED) is 0.424. The number of methoxy groups -OCH3 is 1. The molecule has 3 aromatic rings. The van der Waals surface area contributed by atoms with E-state index in [1.807, 2.05) is 56.3 Å². The van der Waals surface area contributed by atoms with Crippen molar-refractivity contribution in [2.45, 2.75) is 13.8 Å². The number of para-hydroxylation sites is 2. The van der Waals surface area contributed by atoms with Crippen molar-refractivity contribution >= 4 is 28.1 Å². The third-order valence-electron chi connectivity index (χ3n) is 4.38. The first kappa shape index (κ1) is 20.7. The Labute approximate surface area is 178 Å². The van der Waals surface area contributed by atoms with Crippen molar-refractivity contribution in [3.63, 3.8) is 0 Å². The second-order valence-corrected chi connectivity index (χ2v) is 7.29. The fourth-order valence-corrected chi connectivity index (χ4v) is 3.26. The van der Waals surface area contributed by atoms with Gasteiger partial charge in [-0.25, -0.2) is 5.43 Å². The Morgan fingerprint density at radius 2 is 1.83 bits per heavy atom. The van der Waals surface area contributed by atoms with Crippen molar-refractivity contribution < 1.29 is 14.3 Å². The van der Waals surface area contributed by atoms with E-state index in [-0.39, 0.29) is 12.5 Å². The van der Waals surface area contributed by atoms with Crippen LogP contribution in [0.4, 0.5) is 0 Å². The summed E-state index contributed by atoms with van der Waals surface area (Å²) in [5.41, 5.74) is 6.60. The van der Waals surface area contributed by atoms with Gasteiger partial charge in [0.25, 0.3) is 5.91 Å². The number of carbonyl (C=O) groups is 1. The van der Waals surface area contributed by atoms with Crippen LogP contribution in [0.5, 0.6) is 11.5 Å². The van der Waals surface area contributed by atoms with E-state index in [0.29, 0.717) is 11.5 Å². The van der Waals surface area contributed by atoms with Crippen LogP contribution in [0.25, 0.3) is 5.69 Å². The minimum absolute atomic E-state index is 0.157. The summed E-state index contributed by atoms with van der Waals surface area (Å²) in [6.45, 7) is 3.89. The SMILES string of the molecule is COc1ccccc1OCC(=O)N/N=C/c1cc(C)n(-c2ccc(Br)cc2)c1C. The van der Waals surface area contributed by atoms with Gasteiger partial charge in [-0.1, -0.05) is 28.1 Å². The first-order chi connectivity index (χ1) is 14.0. The molecule has 6 nitrogen and oxygen atoms in total. The Balaban J connectivity index is 1.62. The van der Waals surface area contributed by atoms with Gasteiger partial charge in [-0.2, -0.15) is 5.10 Å². The number of hydrogen-bond donors (Lipinski definition) is 1. The first-order valence-electron chi connectivity index (χ1n) is 9.02. The highest BCUT2D eigenvalue weighted by Crippen LogP contribution is 2.25. The van der Waals surface area contributed by atoms with Gasteiger partial charge >= 0.3 is 0 Å². The van der Waals surface area contributed by atoms with Crippen LogP contribution in [0, 0.1) is 13.8 Å². The number of aromatic nitrogens is 1. The number of nitrogens with zero attached hydrogens (tertiary/aromatic N) is 2. The number of benzene rings is 2. The summed E-state index contributed by atoms with van der Waals surface area (Å²) in [6, 6.07) is 17.3. The number of hydrazone groups is 1. The van der Waals surface area contributed by atoms with Crippen LogP contribution in [-0.4, -0.2) is 30.4 Å². The van der Waals surface area contributed by atoms with Crippen molar-refractivity contribution in [1.82, 2.24) is 9.99 Å². The van der Waals surface area contributed by atoms with Crippen molar-refractivity contribution in [3.8, 4) is 17.2 Å². The third-order valence-corrected chi connectivity index (χ3v) is 4.90. The molecule has 0 saturated heterocycles. The summed E-state index contributed by atoms with van der Waals surface area (Å²) in [4.78, 5) is 12.0. The van der Waals surface area contributed by atoms with E-state index in [0.717, 1.165) is 27.1 Å². The lowest BCUT2D eigenvalue weighted by atomic mass is 10.2. The molecule has 0 atom stereocenters. The maximum atomic E-state index is 12.0. The van der Waals surface area contributed by atoms with Crippen LogP contribution < -0.4 is 14.9 Å². The van der Waals surface area contributed by atoms with Crippen LogP contribution >= 0.6 is 15.9 Å². The fourth-order valence-electron chi connectivity index (χ4n) is 2.99. The zero-order chi connectivity index (χ0) is 20.8. The normalized spacial score (nSPS) is 10.9. The number of ether oxygens (including phenoxy) is 2. The molecule has 0 aliphatic heterocycles. The third kappa shape index (κ3) is 5.06. The number of carbonyl (C=O) groups excluding carboxylic acids is 1. The van der Waals surface area contributed by atoms with Crippen molar-refractivity contribution in [2.24, 2.45) is 5.10 Å². The average molecular weight is 456 g/mol. The molecule has 0 aliphatic carbocycles. The summed E-state index contributed by atoms with van der Waals surface area (Å²) in [7, 11) is 1.55. The highest BCUT2D eigenvalue weighted by Gasteiger charge is 2.10. The zero-order valence-corrected chi connectivity index (χ0v) is 18.1. The molecule has 0 aliphatic rings. The second-order valence-electron chi connectivity index (χ2n) is 6.37. The lowest BCUT2D eigenvalue weighted by Gasteiger charge is -2.09. The molecule has 0 radical (unpaired) electrons. The van der Waals surface area contributed by atoms with E-state index >= 15 is 0 Å². The minimum atomic E-state index is -0.353. The Bertz CT molecular complexity index is 1030. The molecule has 1 N–H and O–H groups in total. The van der Waals surface area contributed by atoms with E-state index < -0.39 is 0 Å². The topological polar surface area (TPSA) is 64.8 Å². The molecule has 0 bridgehead atoms. The molecule has 0 fully saturated rings. The number of rotatable bonds is 7. The van der Waals surface area contributed by atoms with Gasteiger partial charge in [0.2, 0.25) is 0 Å². The van der Waals surface area contributed by atoms with Gasteiger partial charge in [0.05, 0.1) is 13.3 Å². The Kier molecular flexibility index (Phi) is 6.72. The molecule has 1 aromatic heterocycles. The van der Waals surface area contributed by atoms with E-state index in [4.69, 9.17) is 9.47 Å². The van der Waals surface area contributed by atoms with Gasteiger partial charge in [0.15, 0.2) is 18.1 Å². The molecular formula is C22H22BrN3O3. The predicted molar refractivity (Wildman–Crippen MR) is 117 cm³/mol. The number of amides is 1. The fraction of sp³-hybridized carbons (Fsp3) is 0.182. The number of nitrogens with one attached hydrogen (secondary N) is 1. The zero-order valence-electron chi connectivity index (χ0n) is 16.5. The molecule has 2 aromatic carbocycles. The Morgan fingerprint density at radius 3 is 2.52 bits per heavy atom. The summed E-state index contributed by atoms with van der Waals surface area (Å²) < 4.78 is 13.9. The van der Waals surface area contributed by atoms with Crippen molar-refractivity contribution in [1.29, 1.82) is 0 Å². The van der Waals surface area contributed by atoms with Gasteiger partial charge in [-0.3, -0.25) is 4.79 Å². The van der Waals surface area contributed by atoms with Crippen molar-refractivity contribution in [2.75, 3.05) is 13.7 Å². The Hall–Kier alpha value is -3.06. The van der Waals surface area contributed by atoms with E-state index in [2.05, 4.69) is 31.0 Å². The van der Waals surface area contributed by atoms with Crippen LogP contribution in [0.15, 0.2) is 64.2 Å². The predicted octanol–water partition coefficient (Wildman–Crippen LogP) is 4.39. The van der Waals surface area contributed by atoms with Gasteiger partial charge in [-0.15, -0.1) is 0 Å². The molecule has 1 amide bonds. The molecule has 0 saturated carbocycles. The molecule has 1 heterocycles. The standard InChI is InChI=1S/C22H22BrN3O3/c1-15-12-17(16(2)26(15)19-10-8-18(23)9-11-19)13-24-25-22(27)14-29-21-7-5-4-6-20(21)28-3/h4-13H,14H2,1-3H3,(H,25,27)/b24-13+. The minimum Gasteiger partial charge on any atom is -0.493 e. The lowest BCUT2D eigenvalue weighted by Crippen LogP contribution is -2.24. The molecule has 3 rings (SSSR count). The highest BCUT2D eigenvalue weighted by molar-refractivity contribution is 9.10. The summed E-state index contributed by atoms with van der Waals surface area (Å²) in [5.74, 6) is 0.727. The molecule has 150 valence electrons. The van der Waals surface area contributed by atoms with Crippen LogP contribution in [-0.2, 0) is 4.79 Å². The molecule has 7 heteroatoms. The maximum absolute atomic E-state index is 12.0. The molecule has 29 heavy (non-hydrogen) atoms. The van der Waals surface area contributed by atoms with Gasteiger partial charge in [0, 0.05) is 27.1 Å². The largest absolute Gasteiger partial charge is 0.493 e. The van der Waals surface area contributed by atoms with Crippen molar-refractivity contribution in [3.05, 3.63) is 76.0 Å². The van der Waals surface area contributed by atoms with E-state index in [1.54, 1.807) is 25.5 Å². The molecule has 0 unspecified atom stereocenters. The Morgan fingerprint density at radius 1 is 1.14 bits per heavy atom. The van der Waals surface area contributed by atoms with E-state index in [9.17, 15) is 4.79 Å². The summed E-state index contributed by atoms with van der Waals surface area (Å²) in [6.07, 6.45) is 1.64. The number of aryl methyl sites for hydroxylation is 1. The van der Waals surface area contributed by atoms with Crippen LogP contribution in [0.3, 0.4) is 0 Å². The smallest absolute Gasteiger partial charge is 0.277 e. The van der Waals surface area contributed by atoms with Gasteiger partial charge in [-0.05, 0) is 56.3 Å². The lowest BCUT2D eigenvalue weighted by molar-refractivity contribution is -0.123. The molecule has 0 spiro atoms. The monoisotopic (exact) mass is 455 g/mol. The average Bonchev–Trinajstić information content (AvgIpc) is 3.00. The van der Waals surface area contributed by atoms with E-state index in [1.165, 1.54) is 0 Å². The maximum Gasteiger partial charge on any atom is 0.277 e. The highest BCUT2D eigenvalue weighted by atomic mass is 79.9. The van der Waals surface area contributed by atoms with Crippen LogP contribution in [0.2, 0.25) is 0 Å². The van der Waals surface area contributed by atoms with Gasteiger partial charge < -0.3 is 14.0 Å². The first-order valence-corrected chi connectivity index (χ1v) is 9.81. The number of halogens is 1. The summed E-state index contributed by atoms with van der Waals surface area (Å²) >= 11 is 3.46. The molecular weight excluding hydrogens is 434 g/mol. The second kappa shape index (κ2) is 9.43. The van der Waals surface area contributed by atoms with Crippen LogP contribution in [0.1, 0.15) is 17.0 Å².